The molecular formula is C10H12N4O. The van der Waals surface area contributed by atoms with Crippen LogP contribution in [0.25, 0.3) is 5.65 Å². The monoisotopic (exact) mass is 204 g/mol. The predicted molar refractivity (Wildman–Crippen MR) is 55.4 cm³/mol. The third kappa shape index (κ3) is 1.68. The van der Waals surface area contributed by atoms with E-state index in [1.165, 1.54) is 0 Å². The second-order valence-electron chi connectivity index (χ2n) is 3.44. The zero-order valence-electron chi connectivity index (χ0n) is 8.69. The summed E-state index contributed by atoms with van der Waals surface area (Å²) in [5.74, 6) is 0. The summed E-state index contributed by atoms with van der Waals surface area (Å²) in [6.45, 7) is 4.38. The summed E-state index contributed by atoms with van der Waals surface area (Å²) < 4.78 is 1.77. The molecule has 1 N–H and O–H groups in total. The minimum atomic E-state index is 0.461. The first kappa shape index (κ1) is 9.64. The maximum atomic E-state index is 10.2. The molecule has 5 heteroatoms. The lowest BCUT2D eigenvalue weighted by Gasteiger charge is -2.01. The molecule has 0 radical (unpaired) electrons. The Labute approximate surface area is 87.1 Å². The standard InChI is InChI=1S/C10H12N4O/c1-7-3-8(2)14-10(13-7)9(5-12-14)4-11-6-15/h3,5-6H,4H2,1-2H3,(H,11,15). The van der Waals surface area contributed by atoms with Gasteiger partial charge in [0.05, 0.1) is 6.20 Å². The number of fused-ring (bicyclic) bond motifs is 1. The number of nitrogens with one attached hydrogen (secondary N) is 1. The molecule has 2 rings (SSSR count). The molecule has 0 spiro atoms. The van der Waals surface area contributed by atoms with E-state index in [4.69, 9.17) is 0 Å². The lowest BCUT2D eigenvalue weighted by atomic mass is 10.3. The lowest BCUT2D eigenvalue weighted by Crippen LogP contribution is -2.10. The molecule has 1 amide bonds. The highest BCUT2D eigenvalue weighted by Gasteiger charge is 2.07. The molecule has 2 aromatic heterocycles. The van der Waals surface area contributed by atoms with Crippen LogP contribution in [0.1, 0.15) is 17.0 Å². The molecule has 0 fully saturated rings. The minimum absolute atomic E-state index is 0.461. The van der Waals surface area contributed by atoms with Crippen LogP contribution in [-0.4, -0.2) is 21.0 Å². The molecule has 0 atom stereocenters. The van der Waals surface area contributed by atoms with Gasteiger partial charge in [-0.25, -0.2) is 9.50 Å². The number of hydrogen-bond acceptors (Lipinski definition) is 3. The summed E-state index contributed by atoms with van der Waals surface area (Å²) in [4.78, 5) is 14.6. The van der Waals surface area contributed by atoms with Crippen molar-refractivity contribution >= 4 is 12.1 Å². The summed E-state index contributed by atoms with van der Waals surface area (Å²) in [6.07, 6.45) is 2.40. The molecule has 15 heavy (non-hydrogen) atoms. The number of aryl methyl sites for hydroxylation is 2. The van der Waals surface area contributed by atoms with Crippen LogP contribution in [0.3, 0.4) is 0 Å². The van der Waals surface area contributed by atoms with Crippen LogP contribution in [0.4, 0.5) is 0 Å². The van der Waals surface area contributed by atoms with E-state index in [0.29, 0.717) is 13.0 Å². The Morgan fingerprint density at radius 2 is 2.33 bits per heavy atom. The Hall–Kier alpha value is -1.91. The molecule has 0 aliphatic rings. The molecule has 78 valence electrons. The maximum Gasteiger partial charge on any atom is 0.207 e. The van der Waals surface area contributed by atoms with Gasteiger partial charge in [0.2, 0.25) is 6.41 Å². The smallest absolute Gasteiger partial charge is 0.207 e. The van der Waals surface area contributed by atoms with E-state index in [1.807, 2.05) is 19.9 Å². The summed E-state index contributed by atoms with van der Waals surface area (Å²) in [7, 11) is 0. The van der Waals surface area contributed by atoms with Crippen LogP contribution < -0.4 is 5.32 Å². The largest absolute Gasteiger partial charge is 0.354 e. The molecule has 5 nitrogen and oxygen atoms in total. The van der Waals surface area contributed by atoms with E-state index >= 15 is 0 Å². The first-order valence-electron chi connectivity index (χ1n) is 4.70. The average Bonchev–Trinajstić information content (AvgIpc) is 2.58. The molecule has 2 aromatic rings. The van der Waals surface area contributed by atoms with Gasteiger partial charge in [-0.2, -0.15) is 5.10 Å². The highest BCUT2D eigenvalue weighted by Crippen LogP contribution is 2.11. The lowest BCUT2D eigenvalue weighted by molar-refractivity contribution is -0.109. The van der Waals surface area contributed by atoms with Crippen molar-refractivity contribution in [2.45, 2.75) is 20.4 Å². The highest BCUT2D eigenvalue weighted by molar-refractivity contribution is 5.51. The SMILES string of the molecule is Cc1cc(C)n2ncc(CNC=O)c2n1. The van der Waals surface area contributed by atoms with Crippen molar-refractivity contribution in [3.05, 3.63) is 29.2 Å². The van der Waals surface area contributed by atoms with Crippen molar-refractivity contribution in [3.63, 3.8) is 0 Å². The molecule has 0 aliphatic heterocycles. The van der Waals surface area contributed by atoms with E-state index in [1.54, 1.807) is 10.7 Å². The first-order valence-corrected chi connectivity index (χ1v) is 4.70. The number of carbonyl (C=O) groups is 1. The third-order valence-corrected chi connectivity index (χ3v) is 2.23. The Morgan fingerprint density at radius 3 is 3.07 bits per heavy atom. The molecule has 0 saturated carbocycles. The van der Waals surface area contributed by atoms with Crippen LogP contribution in [0.2, 0.25) is 0 Å². The van der Waals surface area contributed by atoms with Crippen molar-refractivity contribution < 1.29 is 4.79 Å². The molecular weight excluding hydrogens is 192 g/mol. The molecule has 0 aliphatic carbocycles. The fourth-order valence-electron chi connectivity index (χ4n) is 1.59. The fraction of sp³-hybridized carbons (Fsp3) is 0.300. The van der Waals surface area contributed by atoms with Crippen LogP contribution in [0.15, 0.2) is 12.3 Å². The van der Waals surface area contributed by atoms with Gasteiger partial charge in [0.1, 0.15) is 0 Å². The number of rotatable bonds is 3. The maximum absolute atomic E-state index is 10.2. The van der Waals surface area contributed by atoms with E-state index in [-0.39, 0.29) is 0 Å². The van der Waals surface area contributed by atoms with E-state index in [0.717, 1.165) is 22.6 Å². The molecule has 0 saturated heterocycles. The summed E-state index contributed by atoms with van der Waals surface area (Å²) in [6, 6.07) is 1.97. The van der Waals surface area contributed by atoms with Crippen LogP contribution in [-0.2, 0) is 11.3 Å². The summed E-state index contributed by atoms with van der Waals surface area (Å²) >= 11 is 0. The Kier molecular flexibility index (Phi) is 2.37. The zero-order chi connectivity index (χ0) is 10.8. The van der Waals surface area contributed by atoms with Gasteiger partial charge < -0.3 is 5.32 Å². The van der Waals surface area contributed by atoms with Gasteiger partial charge in [-0.05, 0) is 19.9 Å². The van der Waals surface area contributed by atoms with E-state index in [9.17, 15) is 4.79 Å². The van der Waals surface area contributed by atoms with Crippen molar-refractivity contribution in [2.75, 3.05) is 0 Å². The van der Waals surface area contributed by atoms with Crippen molar-refractivity contribution in [1.29, 1.82) is 0 Å². The van der Waals surface area contributed by atoms with Gasteiger partial charge in [-0.15, -0.1) is 0 Å². The molecule has 0 unspecified atom stereocenters. The summed E-state index contributed by atoms with van der Waals surface area (Å²) in [5.41, 5.74) is 3.72. The van der Waals surface area contributed by atoms with Gasteiger partial charge in [0.15, 0.2) is 5.65 Å². The molecule has 0 bridgehead atoms. The van der Waals surface area contributed by atoms with Crippen LogP contribution in [0, 0.1) is 13.8 Å². The fourth-order valence-corrected chi connectivity index (χ4v) is 1.59. The summed E-state index contributed by atoms with van der Waals surface area (Å²) in [5, 5.41) is 6.82. The molecule has 2 heterocycles. The number of carbonyl (C=O) groups excluding carboxylic acids is 1. The van der Waals surface area contributed by atoms with Crippen molar-refractivity contribution in [1.82, 2.24) is 19.9 Å². The van der Waals surface area contributed by atoms with Gasteiger partial charge in [0, 0.05) is 23.5 Å². The second kappa shape index (κ2) is 3.68. The van der Waals surface area contributed by atoms with Gasteiger partial charge >= 0.3 is 0 Å². The topological polar surface area (TPSA) is 59.3 Å². The van der Waals surface area contributed by atoms with Gasteiger partial charge in [-0.1, -0.05) is 0 Å². The molecule has 0 aromatic carbocycles. The average molecular weight is 204 g/mol. The number of nitrogens with zero attached hydrogens (tertiary/aromatic N) is 3. The van der Waals surface area contributed by atoms with Gasteiger partial charge in [0.25, 0.3) is 0 Å². The number of amides is 1. The third-order valence-electron chi connectivity index (χ3n) is 2.23. The Bertz CT molecular complexity index is 503. The zero-order valence-corrected chi connectivity index (χ0v) is 8.69. The minimum Gasteiger partial charge on any atom is -0.354 e. The number of aromatic nitrogens is 3. The number of hydrogen-bond donors (Lipinski definition) is 1. The van der Waals surface area contributed by atoms with E-state index in [2.05, 4.69) is 15.4 Å². The van der Waals surface area contributed by atoms with Crippen molar-refractivity contribution in [3.8, 4) is 0 Å². The Balaban J connectivity index is 2.53. The Morgan fingerprint density at radius 1 is 1.53 bits per heavy atom. The normalized spacial score (nSPS) is 10.5. The predicted octanol–water partition coefficient (Wildman–Crippen LogP) is 0.592. The quantitative estimate of drug-likeness (QED) is 0.744. The van der Waals surface area contributed by atoms with Crippen LogP contribution >= 0.6 is 0 Å². The second-order valence-corrected chi connectivity index (χ2v) is 3.44. The highest BCUT2D eigenvalue weighted by atomic mass is 16.1. The van der Waals surface area contributed by atoms with Crippen LogP contribution in [0.5, 0.6) is 0 Å². The first-order chi connectivity index (χ1) is 7.22. The van der Waals surface area contributed by atoms with Crippen molar-refractivity contribution in [2.24, 2.45) is 0 Å². The van der Waals surface area contributed by atoms with E-state index < -0.39 is 0 Å². The van der Waals surface area contributed by atoms with Gasteiger partial charge in [-0.3, -0.25) is 4.79 Å².